The summed E-state index contributed by atoms with van der Waals surface area (Å²) in [6, 6.07) is 5.21. The van der Waals surface area contributed by atoms with E-state index in [0.29, 0.717) is 25.2 Å². The summed E-state index contributed by atoms with van der Waals surface area (Å²) in [5.41, 5.74) is 0. The van der Waals surface area contributed by atoms with Gasteiger partial charge in [-0.1, -0.05) is 32.6 Å². The van der Waals surface area contributed by atoms with Gasteiger partial charge in [-0.25, -0.2) is 9.18 Å². The number of carbonyl (C=O) groups is 2. The van der Waals surface area contributed by atoms with Gasteiger partial charge in [-0.05, 0) is 43.5 Å². The highest BCUT2D eigenvalue weighted by atomic mass is 19.1. The van der Waals surface area contributed by atoms with Crippen LogP contribution in [-0.4, -0.2) is 29.6 Å². The van der Waals surface area contributed by atoms with E-state index in [1.807, 2.05) is 0 Å². The Morgan fingerprint density at radius 3 is 2.28 bits per heavy atom. The third-order valence-electron chi connectivity index (χ3n) is 3.92. The molecule has 1 amide bonds. The van der Waals surface area contributed by atoms with Crippen LogP contribution < -0.4 is 10.1 Å². The van der Waals surface area contributed by atoms with Crippen LogP contribution in [0.1, 0.15) is 58.3 Å². The van der Waals surface area contributed by atoms with Crippen molar-refractivity contribution in [2.75, 3.05) is 6.61 Å². The summed E-state index contributed by atoms with van der Waals surface area (Å²) in [7, 11) is 0. The van der Waals surface area contributed by atoms with Crippen molar-refractivity contribution in [3.63, 3.8) is 0 Å². The van der Waals surface area contributed by atoms with Gasteiger partial charge >= 0.3 is 5.97 Å². The Kier molecular flexibility index (Phi) is 10.3. The van der Waals surface area contributed by atoms with Gasteiger partial charge in [0.1, 0.15) is 17.6 Å². The standard InChI is InChI=1S/C19H28FNO4/c1-2-17(19(23)24)21-18(22)9-7-5-3-4-6-8-14-25-16-12-10-15(20)11-13-16/h10-13,17H,2-9,14H2,1H3,(H,21,22)(H,23,24). The van der Waals surface area contributed by atoms with Crippen LogP contribution in [0.4, 0.5) is 4.39 Å². The molecule has 0 heterocycles. The minimum atomic E-state index is -0.987. The molecule has 5 nitrogen and oxygen atoms in total. The number of halogens is 1. The van der Waals surface area contributed by atoms with Crippen molar-refractivity contribution in [2.24, 2.45) is 0 Å². The van der Waals surface area contributed by atoms with E-state index in [9.17, 15) is 14.0 Å². The summed E-state index contributed by atoms with van der Waals surface area (Å²) in [5, 5.41) is 11.4. The van der Waals surface area contributed by atoms with Gasteiger partial charge in [0.15, 0.2) is 0 Å². The van der Waals surface area contributed by atoms with Gasteiger partial charge in [-0.3, -0.25) is 4.79 Å². The van der Waals surface area contributed by atoms with Crippen molar-refractivity contribution in [3.8, 4) is 5.75 Å². The normalized spacial score (nSPS) is 11.8. The molecule has 1 atom stereocenters. The van der Waals surface area contributed by atoms with E-state index in [2.05, 4.69) is 5.32 Å². The molecule has 0 aliphatic rings. The average Bonchev–Trinajstić information content (AvgIpc) is 2.59. The van der Waals surface area contributed by atoms with Crippen LogP contribution in [0.3, 0.4) is 0 Å². The quantitative estimate of drug-likeness (QED) is 0.527. The van der Waals surface area contributed by atoms with Crippen LogP contribution in [0.15, 0.2) is 24.3 Å². The van der Waals surface area contributed by atoms with Crippen LogP contribution in [0.5, 0.6) is 5.75 Å². The zero-order valence-electron chi connectivity index (χ0n) is 14.8. The SMILES string of the molecule is CCC(NC(=O)CCCCCCCCOc1ccc(F)cc1)C(=O)O. The van der Waals surface area contributed by atoms with Gasteiger partial charge in [0, 0.05) is 6.42 Å². The number of hydrogen-bond acceptors (Lipinski definition) is 3. The Bertz CT molecular complexity index is 519. The number of carboxylic acid groups (broad SMARTS) is 1. The molecular formula is C19H28FNO4. The van der Waals surface area contributed by atoms with Crippen LogP contribution in [0, 0.1) is 5.82 Å². The second kappa shape index (κ2) is 12.3. The Labute approximate surface area is 148 Å². The molecule has 2 N–H and O–H groups in total. The number of benzene rings is 1. The second-order valence-electron chi connectivity index (χ2n) is 6.04. The van der Waals surface area contributed by atoms with E-state index < -0.39 is 12.0 Å². The first kappa shape index (κ1) is 20.9. The van der Waals surface area contributed by atoms with Gasteiger partial charge < -0.3 is 15.2 Å². The minimum absolute atomic E-state index is 0.193. The highest BCUT2D eigenvalue weighted by Crippen LogP contribution is 2.12. The summed E-state index contributed by atoms with van der Waals surface area (Å²) in [6.45, 7) is 2.35. The fraction of sp³-hybridized carbons (Fsp3) is 0.579. The first-order valence-electron chi connectivity index (χ1n) is 8.93. The van der Waals surface area contributed by atoms with E-state index in [-0.39, 0.29) is 11.7 Å². The van der Waals surface area contributed by atoms with Crippen LogP contribution in [-0.2, 0) is 9.59 Å². The smallest absolute Gasteiger partial charge is 0.326 e. The molecule has 1 rings (SSSR count). The molecule has 0 saturated heterocycles. The molecule has 0 aromatic heterocycles. The fourth-order valence-corrected chi connectivity index (χ4v) is 2.42. The van der Waals surface area contributed by atoms with E-state index in [1.54, 1.807) is 19.1 Å². The largest absolute Gasteiger partial charge is 0.494 e. The lowest BCUT2D eigenvalue weighted by Gasteiger charge is -2.11. The number of carboxylic acids is 1. The molecular weight excluding hydrogens is 325 g/mol. The van der Waals surface area contributed by atoms with Gasteiger partial charge in [-0.2, -0.15) is 0 Å². The van der Waals surface area contributed by atoms with E-state index >= 15 is 0 Å². The predicted octanol–water partition coefficient (Wildman–Crippen LogP) is 3.91. The molecule has 0 bridgehead atoms. The van der Waals surface area contributed by atoms with E-state index in [4.69, 9.17) is 9.84 Å². The van der Waals surface area contributed by atoms with Crippen LogP contribution in [0.25, 0.3) is 0 Å². The highest BCUT2D eigenvalue weighted by Gasteiger charge is 2.16. The van der Waals surface area contributed by atoms with Crippen LogP contribution >= 0.6 is 0 Å². The number of nitrogens with one attached hydrogen (secondary N) is 1. The fourth-order valence-electron chi connectivity index (χ4n) is 2.42. The molecule has 140 valence electrons. The number of ether oxygens (including phenoxy) is 1. The number of amides is 1. The first-order chi connectivity index (χ1) is 12.0. The average molecular weight is 353 g/mol. The summed E-state index contributed by atoms with van der Waals surface area (Å²) in [4.78, 5) is 22.5. The Morgan fingerprint density at radius 1 is 1.08 bits per heavy atom. The molecule has 1 aromatic rings. The maximum absolute atomic E-state index is 12.7. The zero-order valence-corrected chi connectivity index (χ0v) is 14.8. The van der Waals surface area contributed by atoms with Gasteiger partial charge in [0.2, 0.25) is 5.91 Å². The second-order valence-corrected chi connectivity index (χ2v) is 6.04. The number of carbonyl (C=O) groups excluding carboxylic acids is 1. The molecule has 6 heteroatoms. The molecule has 1 aromatic carbocycles. The number of aliphatic carboxylic acids is 1. The highest BCUT2D eigenvalue weighted by molar-refractivity contribution is 5.83. The zero-order chi connectivity index (χ0) is 18.5. The summed E-state index contributed by atoms with van der Waals surface area (Å²) in [5.74, 6) is -0.769. The molecule has 0 fully saturated rings. The lowest BCUT2D eigenvalue weighted by Crippen LogP contribution is -2.40. The third kappa shape index (κ3) is 9.69. The molecule has 0 saturated carbocycles. The summed E-state index contributed by atoms with van der Waals surface area (Å²) in [6.07, 6.45) is 6.59. The Balaban J connectivity index is 1.95. The lowest BCUT2D eigenvalue weighted by molar-refractivity contribution is -0.141. The Hall–Kier alpha value is -2.11. The maximum atomic E-state index is 12.7. The minimum Gasteiger partial charge on any atom is -0.494 e. The summed E-state index contributed by atoms with van der Waals surface area (Å²) >= 11 is 0. The molecule has 0 aliphatic carbocycles. The predicted molar refractivity (Wildman–Crippen MR) is 94.1 cm³/mol. The summed E-state index contributed by atoms with van der Waals surface area (Å²) < 4.78 is 18.3. The van der Waals surface area contributed by atoms with Crippen molar-refractivity contribution in [3.05, 3.63) is 30.1 Å². The van der Waals surface area contributed by atoms with Crippen molar-refractivity contribution < 1.29 is 23.8 Å². The number of hydrogen-bond donors (Lipinski definition) is 2. The molecule has 0 radical (unpaired) electrons. The third-order valence-corrected chi connectivity index (χ3v) is 3.92. The monoisotopic (exact) mass is 353 g/mol. The number of rotatable bonds is 13. The lowest BCUT2D eigenvalue weighted by atomic mass is 10.1. The van der Waals surface area contributed by atoms with Crippen molar-refractivity contribution in [1.82, 2.24) is 5.32 Å². The topological polar surface area (TPSA) is 75.6 Å². The van der Waals surface area contributed by atoms with Crippen molar-refractivity contribution >= 4 is 11.9 Å². The van der Waals surface area contributed by atoms with Crippen molar-refractivity contribution in [2.45, 2.75) is 64.3 Å². The Morgan fingerprint density at radius 2 is 1.68 bits per heavy atom. The van der Waals surface area contributed by atoms with Gasteiger partial charge in [-0.15, -0.1) is 0 Å². The number of unbranched alkanes of at least 4 members (excludes halogenated alkanes) is 5. The first-order valence-corrected chi connectivity index (χ1v) is 8.93. The molecule has 0 aliphatic heterocycles. The van der Waals surface area contributed by atoms with Gasteiger partial charge in [0.05, 0.1) is 6.61 Å². The van der Waals surface area contributed by atoms with E-state index in [0.717, 1.165) is 38.5 Å². The molecule has 0 spiro atoms. The van der Waals surface area contributed by atoms with Crippen molar-refractivity contribution in [1.29, 1.82) is 0 Å². The van der Waals surface area contributed by atoms with Crippen LogP contribution in [0.2, 0.25) is 0 Å². The van der Waals surface area contributed by atoms with Gasteiger partial charge in [0.25, 0.3) is 0 Å². The molecule has 1 unspecified atom stereocenters. The molecule has 25 heavy (non-hydrogen) atoms. The van der Waals surface area contributed by atoms with E-state index in [1.165, 1.54) is 12.1 Å². The maximum Gasteiger partial charge on any atom is 0.326 e.